The van der Waals surface area contributed by atoms with Gasteiger partial charge in [0.15, 0.2) is 10.9 Å². The molecule has 1 amide bonds. The van der Waals surface area contributed by atoms with Gasteiger partial charge in [-0.1, -0.05) is 0 Å². The van der Waals surface area contributed by atoms with Crippen LogP contribution in [0.25, 0.3) is 0 Å². The van der Waals surface area contributed by atoms with Crippen molar-refractivity contribution in [1.29, 1.82) is 0 Å². The summed E-state index contributed by atoms with van der Waals surface area (Å²) in [5.74, 6) is -0.533. The van der Waals surface area contributed by atoms with E-state index in [4.69, 9.17) is 0 Å². The van der Waals surface area contributed by atoms with E-state index in [0.717, 1.165) is 5.69 Å². The van der Waals surface area contributed by atoms with Gasteiger partial charge in [-0.3, -0.25) is 19.9 Å². The summed E-state index contributed by atoms with van der Waals surface area (Å²) < 4.78 is 0. The Morgan fingerprint density at radius 3 is 2.56 bits per heavy atom. The summed E-state index contributed by atoms with van der Waals surface area (Å²) in [6.45, 7) is 3.21. The summed E-state index contributed by atoms with van der Waals surface area (Å²) in [6.07, 6.45) is 2.90. The first-order chi connectivity index (χ1) is 8.56. The van der Waals surface area contributed by atoms with Crippen LogP contribution in [0.3, 0.4) is 0 Å². The molecule has 0 aliphatic heterocycles. The third kappa shape index (κ3) is 2.75. The number of Topliss-reactive ketones (excluding diaryl/α,β-unsaturated/α-hetero) is 1. The average Bonchev–Trinajstić information content (AvgIpc) is 2.78. The predicted molar refractivity (Wildman–Crippen MR) is 66.8 cm³/mol. The van der Waals surface area contributed by atoms with Crippen LogP contribution in [0.2, 0.25) is 0 Å². The van der Waals surface area contributed by atoms with Crippen molar-refractivity contribution < 1.29 is 9.59 Å². The maximum Gasteiger partial charge on any atom is 0.277 e. The van der Waals surface area contributed by atoms with Crippen molar-refractivity contribution in [1.82, 2.24) is 15.0 Å². The fourth-order valence-corrected chi connectivity index (χ4v) is 1.91. The molecule has 0 radical (unpaired) electrons. The Labute approximate surface area is 107 Å². The maximum atomic E-state index is 11.8. The number of ketones is 1. The third-order valence-electron chi connectivity index (χ3n) is 2.10. The smallest absolute Gasteiger partial charge is 0.277 e. The van der Waals surface area contributed by atoms with Gasteiger partial charge >= 0.3 is 0 Å². The van der Waals surface area contributed by atoms with Gasteiger partial charge in [-0.15, -0.1) is 11.3 Å². The first-order valence-electron chi connectivity index (χ1n) is 5.12. The molecule has 92 valence electrons. The Kier molecular flexibility index (Phi) is 3.42. The van der Waals surface area contributed by atoms with Crippen LogP contribution >= 0.6 is 11.3 Å². The van der Waals surface area contributed by atoms with Crippen LogP contribution in [0, 0.1) is 6.92 Å². The van der Waals surface area contributed by atoms with Crippen LogP contribution in [0.4, 0.5) is 5.13 Å². The minimum absolute atomic E-state index is 0.137. The summed E-state index contributed by atoms with van der Waals surface area (Å²) in [4.78, 5) is 34.7. The third-order valence-corrected chi connectivity index (χ3v) is 2.86. The lowest BCUT2D eigenvalue weighted by Gasteiger charge is -2.00. The number of nitrogens with one attached hydrogen (secondary N) is 1. The van der Waals surface area contributed by atoms with Crippen molar-refractivity contribution in [3.8, 4) is 0 Å². The Hall–Kier alpha value is -2.15. The van der Waals surface area contributed by atoms with Crippen molar-refractivity contribution in [2.24, 2.45) is 0 Å². The number of rotatable bonds is 3. The van der Waals surface area contributed by atoms with Crippen LogP contribution in [-0.4, -0.2) is 26.6 Å². The number of carbonyl (C=O) groups excluding carboxylic acids is 2. The molecule has 18 heavy (non-hydrogen) atoms. The summed E-state index contributed by atoms with van der Waals surface area (Å²) in [6, 6.07) is 0. The molecular weight excluding hydrogens is 252 g/mol. The van der Waals surface area contributed by atoms with Gasteiger partial charge in [0.05, 0.1) is 11.9 Å². The molecule has 0 unspecified atom stereocenters. The summed E-state index contributed by atoms with van der Waals surface area (Å²) >= 11 is 1.19. The Morgan fingerprint density at radius 2 is 2.00 bits per heavy atom. The SMILES string of the molecule is CC(=O)c1csc(NC(=O)c2cnc(C)cn2)n1. The lowest BCUT2D eigenvalue weighted by atomic mass is 10.4. The number of aromatic nitrogens is 3. The van der Waals surface area contributed by atoms with Crippen LogP contribution in [0.15, 0.2) is 17.8 Å². The molecule has 0 saturated heterocycles. The zero-order valence-electron chi connectivity index (χ0n) is 9.80. The van der Waals surface area contributed by atoms with Crippen molar-refractivity contribution >= 4 is 28.2 Å². The maximum absolute atomic E-state index is 11.8. The normalized spacial score (nSPS) is 10.1. The molecule has 2 rings (SSSR count). The number of amides is 1. The molecule has 0 bridgehead atoms. The predicted octanol–water partition coefficient (Wildman–Crippen LogP) is 1.70. The van der Waals surface area contributed by atoms with E-state index in [1.54, 1.807) is 12.3 Å². The number of thiazole rings is 1. The van der Waals surface area contributed by atoms with Crippen molar-refractivity contribution in [3.63, 3.8) is 0 Å². The fraction of sp³-hybridized carbons (Fsp3) is 0.182. The van der Waals surface area contributed by atoms with E-state index >= 15 is 0 Å². The van der Waals surface area contributed by atoms with Crippen LogP contribution in [0.5, 0.6) is 0 Å². The van der Waals surface area contributed by atoms with Gasteiger partial charge in [0, 0.05) is 18.5 Å². The highest BCUT2D eigenvalue weighted by atomic mass is 32.1. The van der Waals surface area contributed by atoms with Crippen molar-refractivity contribution in [2.75, 3.05) is 5.32 Å². The summed E-state index contributed by atoms with van der Waals surface area (Å²) in [5.41, 5.74) is 1.28. The van der Waals surface area contributed by atoms with Gasteiger partial charge in [-0.2, -0.15) is 0 Å². The Morgan fingerprint density at radius 1 is 1.22 bits per heavy atom. The molecule has 0 spiro atoms. The van der Waals surface area contributed by atoms with Crippen LogP contribution in [-0.2, 0) is 0 Å². The average molecular weight is 262 g/mol. The van der Waals surface area contributed by atoms with Gasteiger partial charge in [-0.05, 0) is 6.92 Å². The number of anilines is 1. The first kappa shape index (κ1) is 12.3. The lowest BCUT2D eigenvalue weighted by Crippen LogP contribution is -2.14. The number of nitrogens with zero attached hydrogens (tertiary/aromatic N) is 3. The second-order valence-electron chi connectivity index (χ2n) is 3.59. The van der Waals surface area contributed by atoms with E-state index in [-0.39, 0.29) is 11.5 Å². The summed E-state index contributed by atoms with van der Waals surface area (Å²) in [7, 11) is 0. The number of hydrogen-bond acceptors (Lipinski definition) is 6. The van der Waals surface area contributed by atoms with E-state index in [2.05, 4.69) is 20.3 Å². The largest absolute Gasteiger partial charge is 0.296 e. The van der Waals surface area contributed by atoms with E-state index in [1.165, 1.54) is 30.7 Å². The van der Waals surface area contributed by atoms with Gasteiger partial charge in [0.2, 0.25) is 0 Å². The highest BCUT2D eigenvalue weighted by molar-refractivity contribution is 7.14. The number of hydrogen-bond donors (Lipinski definition) is 1. The van der Waals surface area contributed by atoms with Crippen molar-refractivity contribution in [2.45, 2.75) is 13.8 Å². The molecule has 0 aromatic carbocycles. The van der Waals surface area contributed by atoms with Gasteiger partial charge in [-0.25, -0.2) is 9.97 Å². The Balaban J connectivity index is 2.11. The Bertz CT molecular complexity index is 591. The molecule has 2 heterocycles. The monoisotopic (exact) mass is 262 g/mol. The highest BCUT2D eigenvalue weighted by Gasteiger charge is 2.11. The van der Waals surface area contributed by atoms with Crippen LogP contribution in [0.1, 0.15) is 33.6 Å². The molecule has 0 atom stereocenters. The van der Waals surface area contributed by atoms with E-state index in [9.17, 15) is 9.59 Å². The lowest BCUT2D eigenvalue weighted by molar-refractivity contribution is 0.100. The van der Waals surface area contributed by atoms with E-state index in [1.807, 2.05) is 0 Å². The molecule has 0 fully saturated rings. The van der Waals surface area contributed by atoms with Crippen molar-refractivity contribution in [3.05, 3.63) is 34.9 Å². The van der Waals surface area contributed by atoms with Gasteiger partial charge in [0.25, 0.3) is 5.91 Å². The molecule has 2 aromatic rings. The minimum atomic E-state index is -0.396. The van der Waals surface area contributed by atoms with Crippen LogP contribution < -0.4 is 5.32 Å². The highest BCUT2D eigenvalue weighted by Crippen LogP contribution is 2.16. The quantitative estimate of drug-likeness (QED) is 0.851. The van der Waals surface area contributed by atoms with E-state index in [0.29, 0.717) is 10.8 Å². The second kappa shape index (κ2) is 5.01. The zero-order chi connectivity index (χ0) is 13.1. The number of carbonyl (C=O) groups is 2. The molecular formula is C11H10N4O2S. The standard InChI is InChI=1S/C11H10N4O2S/c1-6-3-13-8(4-12-6)10(17)15-11-14-9(5-18-11)7(2)16/h3-5H,1-2H3,(H,14,15,17). The molecule has 0 aliphatic carbocycles. The molecule has 6 nitrogen and oxygen atoms in total. The second-order valence-corrected chi connectivity index (χ2v) is 4.45. The van der Waals surface area contributed by atoms with E-state index < -0.39 is 5.91 Å². The molecule has 0 saturated carbocycles. The zero-order valence-corrected chi connectivity index (χ0v) is 10.6. The van der Waals surface area contributed by atoms with Gasteiger partial charge in [0.1, 0.15) is 11.4 Å². The fourth-order valence-electron chi connectivity index (χ4n) is 1.16. The van der Waals surface area contributed by atoms with Gasteiger partial charge < -0.3 is 0 Å². The summed E-state index contributed by atoms with van der Waals surface area (Å²) in [5, 5.41) is 4.53. The molecule has 7 heteroatoms. The minimum Gasteiger partial charge on any atom is -0.296 e. The number of aryl methyl sites for hydroxylation is 1. The first-order valence-corrected chi connectivity index (χ1v) is 6.00. The molecule has 0 aliphatic rings. The molecule has 2 aromatic heterocycles. The topological polar surface area (TPSA) is 84.8 Å². The molecule has 1 N–H and O–H groups in total.